The van der Waals surface area contributed by atoms with Gasteiger partial charge < -0.3 is 0 Å². The molecule has 0 saturated carbocycles. The summed E-state index contributed by atoms with van der Waals surface area (Å²) in [5.74, 6) is 0. The van der Waals surface area contributed by atoms with Gasteiger partial charge in [-0.15, -0.1) is 0 Å². The van der Waals surface area contributed by atoms with Gasteiger partial charge in [-0.3, -0.25) is 0 Å². The fraction of sp³-hybridized carbons (Fsp3) is 0.317. The average molecular weight is 545 g/mol. The molecule has 0 aliphatic carbocycles. The molecule has 41 heavy (non-hydrogen) atoms. The highest BCUT2D eigenvalue weighted by molar-refractivity contribution is 5.82. The molecule has 5 aromatic carbocycles. The minimum absolute atomic E-state index is 0.231. The van der Waals surface area contributed by atoms with Crippen LogP contribution < -0.4 is 0 Å². The van der Waals surface area contributed by atoms with Crippen molar-refractivity contribution in [3.05, 3.63) is 145 Å². The Kier molecular flexibility index (Phi) is 12.6. The molecule has 0 saturated heterocycles. The van der Waals surface area contributed by atoms with Crippen molar-refractivity contribution >= 4 is 10.8 Å². The highest BCUT2D eigenvalue weighted by Gasteiger charge is 2.13. The molecule has 216 valence electrons. The first-order valence-corrected chi connectivity index (χ1v) is 14.8. The molecule has 0 aliphatic heterocycles. The standard InChI is InChI=1S/C16H18.C10H8.C10H14.C5H12/c1-16(2,3)15-11-9-14(10-12-15)13-7-5-4-6-8-13;1-2-6-10-8-4-3-7-9(10)5-1;1-10(2,3)9-7-5-4-6-8-9;1-5(2,3)4/h4-12H,1-3H3;1-8H;4-8H,1-3H3;1-4H3. The lowest BCUT2D eigenvalue weighted by Gasteiger charge is -2.19. The maximum Gasteiger partial charge on any atom is -0.0132 e. The van der Waals surface area contributed by atoms with Gasteiger partial charge in [-0.2, -0.15) is 0 Å². The molecule has 0 atom stereocenters. The molecule has 0 aliphatic rings. The van der Waals surface area contributed by atoms with Gasteiger partial charge in [0.25, 0.3) is 0 Å². The van der Waals surface area contributed by atoms with Crippen molar-refractivity contribution in [3.8, 4) is 11.1 Å². The van der Waals surface area contributed by atoms with E-state index < -0.39 is 0 Å². The molecule has 0 N–H and O–H groups in total. The summed E-state index contributed by atoms with van der Waals surface area (Å²) in [6.45, 7) is 22.1. The van der Waals surface area contributed by atoms with E-state index in [0.717, 1.165) is 0 Å². The topological polar surface area (TPSA) is 0 Å². The second kappa shape index (κ2) is 15.4. The van der Waals surface area contributed by atoms with Gasteiger partial charge in [0.05, 0.1) is 0 Å². The maximum absolute atomic E-state index is 2.24. The van der Waals surface area contributed by atoms with E-state index in [-0.39, 0.29) is 5.41 Å². The molecule has 5 rings (SSSR count). The van der Waals surface area contributed by atoms with Gasteiger partial charge in [0.1, 0.15) is 0 Å². The molecule has 0 bridgehead atoms. The van der Waals surface area contributed by atoms with Crippen LogP contribution in [0.15, 0.2) is 133 Å². The van der Waals surface area contributed by atoms with Crippen molar-refractivity contribution < 1.29 is 0 Å². The van der Waals surface area contributed by atoms with Gasteiger partial charge in [-0.1, -0.05) is 203 Å². The molecule has 0 spiro atoms. The Labute approximate surface area is 251 Å². The van der Waals surface area contributed by atoms with E-state index in [0.29, 0.717) is 10.8 Å². The van der Waals surface area contributed by atoms with Crippen LogP contribution in [-0.2, 0) is 10.8 Å². The number of fused-ring (bicyclic) bond motifs is 1. The van der Waals surface area contributed by atoms with Gasteiger partial charge in [0, 0.05) is 0 Å². The van der Waals surface area contributed by atoms with E-state index in [2.05, 4.69) is 197 Å². The average Bonchev–Trinajstić information content (AvgIpc) is 2.93. The zero-order valence-electron chi connectivity index (χ0n) is 27.2. The zero-order chi connectivity index (χ0) is 30.5. The minimum atomic E-state index is 0.231. The zero-order valence-corrected chi connectivity index (χ0v) is 27.2. The SMILES string of the molecule is CC(C)(C)C.CC(C)(C)c1ccc(-c2ccccc2)cc1.CC(C)(C)c1ccccc1.c1ccc2ccccc2c1. The lowest BCUT2D eigenvalue weighted by Crippen LogP contribution is -2.10. The van der Waals surface area contributed by atoms with Gasteiger partial charge in [0.2, 0.25) is 0 Å². The summed E-state index contributed by atoms with van der Waals surface area (Å²) in [7, 11) is 0. The predicted octanol–water partition coefficient (Wildman–Crippen LogP) is 12.5. The Bertz CT molecular complexity index is 1320. The number of hydrogen-bond donors (Lipinski definition) is 0. The summed E-state index contributed by atoms with van der Waals surface area (Å²) in [4.78, 5) is 0. The summed E-state index contributed by atoms with van der Waals surface area (Å²) < 4.78 is 0. The van der Waals surface area contributed by atoms with Crippen molar-refractivity contribution in [2.45, 2.75) is 80.1 Å². The van der Waals surface area contributed by atoms with Crippen LogP contribution in [0.2, 0.25) is 0 Å². The molecule has 0 heteroatoms. The number of rotatable bonds is 1. The maximum atomic E-state index is 2.24. The molecular weight excluding hydrogens is 492 g/mol. The fourth-order valence-electron chi connectivity index (χ4n) is 3.86. The van der Waals surface area contributed by atoms with Crippen molar-refractivity contribution in [2.24, 2.45) is 5.41 Å². The second-order valence-corrected chi connectivity index (χ2v) is 14.2. The highest BCUT2D eigenvalue weighted by Crippen LogP contribution is 2.26. The van der Waals surface area contributed by atoms with Crippen LogP contribution in [-0.4, -0.2) is 0 Å². The first-order valence-electron chi connectivity index (χ1n) is 14.8. The molecule has 0 amide bonds. The Morgan fingerprint density at radius 1 is 0.293 bits per heavy atom. The minimum Gasteiger partial charge on any atom is -0.0622 e. The van der Waals surface area contributed by atoms with Gasteiger partial charge in [-0.05, 0) is 49.3 Å². The Balaban J connectivity index is 0.000000206. The van der Waals surface area contributed by atoms with Crippen LogP contribution in [0.3, 0.4) is 0 Å². The van der Waals surface area contributed by atoms with Crippen molar-refractivity contribution in [3.63, 3.8) is 0 Å². The Hall–Kier alpha value is -3.64. The summed E-state index contributed by atoms with van der Waals surface area (Å²) in [5.41, 5.74) is 6.37. The second-order valence-electron chi connectivity index (χ2n) is 14.2. The summed E-state index contributed by atoms with van der Waals surface area (Å²) in [6.07, 6.45) is 0. The fourth-order valence-corrected chi connectivity index (χ4v) is 3.86. The molecule has 0 nitrogen and oxygen atoms in total. The molecule has 0 heterocycles. The molecule has 0 aromatic heterocycles. The van der Waals surface area contributed by atoms with E-state index in [4.69, 9.17) is 0 Å². The molecule has 5 aromatic rings. The highest BCUT2D eigenvalue weighted by atomic mass is 14.2. The van der Waals surface area contributed by atoms with Gasteiger partial charge in [-0.25, -0.2) is 0 Å². The first-order chi connectivity index (χ1) is 19.1. The number of hydrogen-bond acceptors (Lipinski definition) is 0. The quantitative estimate of drug-likeness (QED) is 0.197. The van der Waals surface area contributed by atoms with E-state index in [1.54, 1.807) is 0 Å². The number of benzene rings is 5. The molecular formula is C41H52. The van der Waals surface area contributed by atoms with Crippen LogP contribution in [0.25, 0.3) is 21.9 Å². The smallest absolute Gasteiger partial charge is 0.0132 e. The van der Waals surface area contributed by atoms with Crippen LogP contribution in [0, 0.1) is 5.41 Å². The predicted molar refractivity (Wildman–Crippen MR) is 185 cm³/mol. The monoisotopic (exact) mass is 544 g/mol. The summed E-state index contributed by atoms with van der Waals surface area (Å²) in [6, 6.07) is 46.6. The molecule has 0 radical (unpaired) electrons. The lowest BCUT2D eigenvalue weighted by molar-refractivity contribution is 0.469. The van der Waals surface area contributed by atoms with E-state index in [9.17, 15) is 0 Å². The third kappa shape index (κ3) is 13.5. The van der Waals surface area contributed by atoms with Gasteiger partial charge in [0.15, 0.2) is 0 Å². The van der Waals surface area contributed by atoms with Gasteiger partial charge >= 0.3 is 0 Å². The van der Waals surface area contributed by atoms with E-state index in [1.807, 2.05) is 6.07 Å². The molecule has 0 fully saturated rings. The van der Waals surface area contributed by atoms with Crippen LogP contribution in [0.1, 0.15) is 80.4 Å². The molecule has 0 unspecified atom stereocenters. The summed E-state index contributed by atoms with van der Waals surface area (Å²) >= 11 is 0. The van der Waals surface area contributed by atoms with Crippen molar-refractivity contribution in [1.29, 1.82) is 0 Å². The van der Waals surface area contributed by atoms with Crippen LogP contribution in [0.5, 0.6) is 0 Å². The Morgan fingerprint density at radius 3 is 0.878 bits per heavy atom. The third-order valence-corrected chi connectivity index (χ3v) is 6.16. The van der Waals surface area contributed by atoms with Crippen molar-refractivity contribution in [1.82, 2.24) is 0 Å². The van der Waals surface area contributed by atoms with Crippen LogP contribution in [0.4, 0.5) is 0 Å². The lowest BCUT2D eigenvalue weighted by atomic mass is 9.86. The summed E-state index contributed by atoms with van der Waals surface area (Å²) in [5, 5.41) is 2.62. The van der Waals surface area contributed by atoms with Crippen LogP contribution >= 0.6 is 0 Å². The van der Waals surface area contributed by atoms with E-state index in [1.165, 1.54) is 33.0 Å². The van der Waals surface area contributed by atoms with E-state index >= 15 is 0 Å². The largest absolute Gasteiger partial charge is 0.0622 e. The van der Waals surface area contributed by atoms with Crippen molar-refractivity contribution in [2.75, 3.05) is 0 Å². The first kappa shape index (κ1) is 33.6. The Morgan fingerprint density at radius 2 is 0.561 bits per heavy atom. The normalized spacial score (nSPS) is 11.2. The third-order valence-electron chi connectivity index (χ3n) is 6.16.